The number of hydrogen-bond acceptors (Lipinski definition) is 0. The standard InChI is InChI=1S/C2H5.HI.Mg/c1-2;;/h1H2,2H3;1H;/q;;+1/p-1/i1D2,2D3;;. The van der Waals surface area contributed by atoms with E-state index in [1.807, 2.05) is 18.9 Å². The van der Waals surface area contributed by atoms with Gasteiger partial charge in [0.15, 0.2) is 0 Å². The fourth-order valence-corrected chi connectivity index (χ4v) is 0. The summed E-state index contributed by atoms with van der Waals surface area (Å²) in [5.74, 6) is 0. The van der Waals surface area contributed by atoms with Crippen LogP contribution in [-0.2, 0) is 0 Å². The molecule has 0 saturated heterocycles. The molecule has 0 aromatic heterocycles. The maximum atomic E-state index is 6.98. The molecular weight excluding hydrogens is 175 g/mol. The molecule has 4 heavy (non-hydrogen) atoms. The van der Waals surface area contributed by atoms with Gasteiger partial charge in [-0.1, -0.05) is 6.85 Å². The SMILES string of the molecule is [2H]C([2H])([2H])[C]([2H])([2H])[Mg][I]. The molecule has 0 rings (SSSR count). The zero-order valence-corrected chi connectivity index (χ0v) is 5.66. The first kappa shape index (κ1) is 1.23. The lowest BCUT2D eigenvalue weighted by atomic mass is 11.0. The van der Waals surface area contributed by atoms with Gasteiger partial charge in [-0.05, 0) is 2.74 Å². The van der Waals surface area contributed by atoms with Crippen molar-refractivity contribution in [2.75, 3.05) is 0 Å². The largest absolute Gasteiger partial charge is 0.463 e. The second-order valence-corrected chi connectivity index (χ2v) is 3.22. The first-order chi connectivity index (χ1) is 3.81. The Hall–Kier alpha value is 1.50. The summed E-state index contributed by atoms with van der Waals surface area (Å²) >= 11 is 0.738. The molecule has 0 aromatic carbocycles. The molecule has 0 aliphatic rings. The second kappa shape index (κ2) is 4.50. The van der Waals surface area contributed by atoms with Crippen molar-refractivity contribution in [3.63, 3.8) is 0 Å². The van der Waals surface area contributed by atoms with Crippen molar-refractivity contribution in [3.05, 3.63) is 0 Å². The fourth-order valence-electron chi connectivity index (χ4n) is 0. The van der Waals surface area contributed by atoms with Crippen molar-refractivity contribution in [1.29, 1.82) is 0 Å². The van der Waals surface area contributed by atoms with Crippen LogP contribution in [0, 0.1) is 0 Å². The molecule has 0 heterocycles. The van der Waals surface area contributed by atoms with Crippen LogP contribution in [0.4, 0.5) is 0 Å². The highest BCUT2D eigenvalue weighted by molar-refractivity contribution is 14.1. The summed E-state index contributed by atoms with van der Waals surface area (Å²) in [5.41, 5.74) is 0. The third-order valence-electron chi connectivity index (χ3n) is 0.0668. The molecule has 22 valence electrons. The number of rotatable bonds is 1. The van der Waals surface area contributed by atoms with Gasteiger partial charge >= 0.3 is 16.5 Å². The van der Waals surface area contributed by atoms with E-state index in [1.54, 1.807) is 0 Å². The van der Waals surface area contributed by atoms with E-state index in [1.165, 1.54) is 0 Å². The molecule has 0 atom stereocenters. The highest BCUT2D eigenvalue weighted by atomic mass is 127. The molecule has 0 nitrogen and oxygen atoms in total. The number of halogens is 1. The predicted octanol–water partition coefficient (Wildman–Crippen LogP) is 1.48. The van der Waals surface area contributed by atoms with Gasteiger partial charge in [0.05, 0.1) is 0 Å². The molecule has 0 saturated carbocycles. The summed E-state index contributed by atoms with van der Waals surface area (Å²) < 4.78 is 32.2. The molecule has 2 heteroatoms. The van der Waals surface area contributed by atoms with Gasteiger partial charge in [-0.25, -0.2) is 0 Å². The predicted molar refractivity (Wildman–Crippen MR) is 30.3 cm³/mol. The Morgan fingerprint density at radius 3 is 3.50 bits per heavy atom. The second-order valence-electron chi connectivity index (χ2n) is 0.310. The van der Waals surface area contributed by atoms with Crippen molar-refractivity contribution < 1.29 is 6.85 Å². The molecule has 0 fully saturated rings. The fraction of sp³-hybridized carbons (Fsp3) is 1.00. The smallest absolute Gasteiger partial charge is 0.301 e. The summed E-state index contributed by atoms with van der Waals surface area (Å²) in [7, 11) is 0. The minimum absolute atomic E-state index is 1.12. The topological polar surface area (TPSA) is 0 Å². The number of hydrogen-bond donors (Lipinski definition) is 0. The molecule has 0 aliphatic heterocycles. The summed E-state index contributed by atoms with van der Waals surface area (Å²) in [5, 5.41) is 0. The Balaban J connectivity index is 4.14. The van der Waals surface area contributed by atoms with E-state index in [0.717, 1.165) is 0 Å². The van der Waals surface area contributed by atoms with Crippen molar-refractivity contribution in [1.82, 2.24) is 0 Å². The van der Waals surface area contributed by atoms with Crippen molar-refractivity contribution in [2.24, 2.45) is 0 Å². The quantitative estimate of drug-likeness (QED) is 0.429. The Morgan fingerprint density at radius 1 is 2.75 bits per heavy atom. The van der Waals surface area contributed by atoms with Crippen molar-refractivity contribution in [2.45, 2.75) is 11.4 Å². The minimum atomic E-state index is -2.42. The van der Waals surface area contributed by atoms with E-state index in [2.05, 4.69) is 0 Å². The van der Waals surface area contributed by atoms with Crippen LogP contribution in [-0.4, -0.2) is 16.5 Å². The Morgan fingerprint density at radius 2 is 3.50 bits per heavy atom. The van der Waals surface area contributed by atoms with Gasteiger partial charge in [0.1, 0.15) is 0 Å². The first-order valence-corrected chi connectivity index (χ1v) is 6.69. The van der Waals surface area contributed by atoms with Gasteiger partial charge in [-0.3, -0.25) is 0 Å². The van der Waals surface area contributed by atoms with Crippen molar-refractivity contribution >= 4 is 35.3 Å². The lowest BCUT2D eigenvalue weighted by molar-refractivity contribution is 1.48. The summed E-state index contributed by atoms with van der Waals surface area (Å²) in [6, 6.07) is 0. The Kier molecular flexibility index (Phi) is 1.38. The van der Waals surface area contributed by atoms with Gasteiger partial charge < -0.3 is 18.9 Å². The van der Waals surface area contributed by atoms with Crippen LogP contribution in [0.3, 0.4) is 0 Å². The molecule has 0 amide bonds. The van der Waals surface area contributed by atoms with E-state index in [-0.39, 0.29) is 0 Å². The molecule has 0 N–H and O–H groups in total. The average Bonchev–Trinajstić information content (AvgIpc) is 1.64. The zero-order valence-electron chi connectivity index (χ0n) is 7.09. The van der Waals surface area contributed by atoms with Crippen LogP contribution < -0.4 is 0 Å². The van der Waals surface area contributed by atoms with Crippen LogP contribution in [0.5, 0.6) is 0 Å². The monoisotopic (exact) mass is 185 g/mol. The van der Waals surface area contributed by atoms with E-state index in [0.29, 0.717) is 0 Å². The highest BCUT2D eigenvalue weighted by Crippen LogP contribution is 1.78. The average molecular weight is 185 g/mol. The normalized spacial score (nSPS) is 30.8. The van der Waals surface area contributed by atoms with Crippen molar-refractivity contribution in [3.8, 4) is 0 Å². The lowest BCUT2D eigenvalue weighted by Crippen LogP contribution is -1.59. The molecule has 0 aromatic rings. The van der Waals surface area contributed by atoms with E-state index in [4.69, 9.17) is 6.85 Å². The lowest BCUT2D eigenvalue weighted by Gasteiger charge is -1.59. The first-order valence-electron chi connectivity index (χ1n) is 3.37. The minimum Gasteiger partial charge on any atom is -0.301 e. The third kappa shape index (κ3) is 3.50. The van der Waals surface area contributed by atoms with Crippen LogP contribution in [0.25, 0.3) is 0 Å². The zero-order chi connectivity index (χ0) is 7.71. The third-order valence-corrected chi connectivity index (χ3v) is 1.34. The summed E-state index contributed by atoms with van der Waals surface area (Å²) in [4.78, 5) is 0. The van der Waals surface area contributed by atoms with Gasteiger partial charge in [-0.2, -0.15) is 0 Å². The Bertz CT molecular complexity index is 97.6. The van der Waals surface area contributed by atoms with Gasteiger partial charge in [0.25, 0.3) is 0 Å². The van der Waals surface area contributed by atoms with Crippen LogP contribution in [0.2, 0.25) is 4.50 Å². The summed E-state index contributed by atoms with van der Waals surface area (Å²) in [6.07, 6.45) is 0. The van der Waals surface area contributed by atoms with Gasteiger partial charge in [0.2, 0.25) is 0 Å². The molecule has 0 aliphatic carbocycles. The van der Waals surface area contributed by atoms with E-state index in [9.17, 15) is 0 Å². The highest BCUT2D eigenvalue weighted by Gasteiger charge is 1.72. The van der Waals surface area contributed by atoms with Crippen LogP contribution in [0.1, 0.15) is 13.7 Å². The summed E-state index contributed by atoms with van der Waals surface area (Å²) in [6.45, 7) is -2.42. The molecule has 0 radical (unpaired) electrons. The van der Waals surface area contributed by atoms with Crippen LogP contribution >= 0.6 is 18.9 Å². The molecule has 0 spiro atoms. The van der Waals surface area contributed by atoms with Gasteiger partial charge in [0, 0.05) is 4.11 Å². The maximum Gasteiger partial charge on any atom is 0.463 e. The maximum absolute atomic E-state index is 6.98. The van der Waals surface area contributed by atoms with Crippen LogP contribution in [0.15, 0.2) is 0 Å². The van der Waals surface area contributed by atoms with Gasteiger partial charge in [-0.15, -0.1) is 4.50 Å². The molecule has 0 bridgehead atoms. The molecular formula is C2H5IMg. The van der Waals surface area contributed by atoms with E-state index < -0.39 is 27.8 Å². The Labute approximate surface area is 53.5 Å². The van der Waals surface area contributed by atoms with E-state index >= 15 is 0 Å². The molecule has 0 unspecified atom stereocenters.